The highest BCUT2D eigenvalue weighted by molar-refractivity contribution is 5.68. The standard InChI is InChI=1S/C11H18N2O2/c1-10(2,3)15-9(14)13-6-5-11(4,7-12)8-13/h5-6,8H2,1-4H3/t11-/m1/s1. The maximum Gasteiger partial charge on any atom is 0.410 e. The Morgan fingerprint density at radius 1 is 1.53 bits per heavy atom. The Bertz CT molecular complexity index is 301. The second kappa shape index (κ2) is 3.73. The molecule has 0 radical (unpaired) electrons. The van der Waals surface area contributed by atoms with Gasteiger partial charge < -0.3 is 9.64 Å². The molecule has 1 aliphatic heterocycles. The summed E-state index contributed by atoms with van der Waals surface area (Å²) >= 11 is 0. The van der Waals surface area contributed by atoms with Crippen molar-refractivity contribution in [3.63, 3.8) is 0 Å². The molecule has 0 aliphatic carbocycles. The lowest BCUT2D eigenvalue weighted by Crippen LogP contribution is -2.36. The average molecular weight is 210 g/mol. The van der Waals surface area contributed by atoms with Gasteiger partial charge in [-0.05, 0) is 34.1 Å². The molecular weight excluding hydrogens is 192 g/mol. The predicted molar refractivity (Wildman–Crippen MR) is 56.1 cm³/mol. The number of hydrogen-bond acceptors (Lipinski definition) is 3. The largest absolute Gasteiger partial charge is 0.444 e. The summed E-state index contributed by atoms with van der Waals surface area (Å²) in [5.74, 6) is 0. The van der Waals surface area contributed by atoms with Gasteiger partial charge in [0.05, 0.1) is 11.5 Å². The summed E-state index contributed by atoms with van der Waals surface area (Å²) in [5.41, 5.74) is -0.875. The third-order valence-electron chi connectivity index (χ3n) is 2.39. The first-order chi connectivity index (χ1) is 6.76. The quantitative estimate of drug-likeness (QED) is 0.615. The van der Waals surface area contributed by atoms with E-state index in [-0.39, 0.29) is 6.09 Å². The lowest BCUT2D eigenvalue weighted by molar-refractivity contribution is 0.0283. The molecule has 1 saturated heterocycles. The molecule has 0 aromatic carbocycles. The zero-order valence-electron chi connectivity index (χ0n) is 9.83. The van der Waals surface area contributed by atoms with Crippen LogP contribution in [0.15, 0.2) is 0 Å². The van der Waals surface area contributed by atoms with Gasteiger partial charge in [0.1, 0.15) is 5.60 Å². The van der Waals surface area contributed by atoms with Crippen molar-refractivity contribution in [2.75, 3.05) is 13.1 Å². The number of nitriles is 1. The van der Waals surface area contributed by atoms with Crippen molar-refractivity contribution in [1.82, 2.24) is 4.90 Å². The van der Waals surface area contributed by atoms with Gasteiger partial charge in [0, 0.05) is 13.1 Å². The maximum atomic E-state index is 11.7. The van der Waals surface area contributed by atoms with Crippen molar-refractivity contribution in [1.29, 1.82) is 5.26 Å². The summed E-state index contributed by atoms with van der Waals surface area (Å²) in [6.07, 6.45) is 0.407. The number of nitrogens with zero attached hydrogens (tertiary/aromatic N) is 2. The Morgan fingerprint density at radius 3 is 2.53 bits per heavy atom. The Kier molecular flexibility index (Phi) is 2.94. The number of carbonyl (C=O) groups excluding carboxylic acids is 1. The van der Waals surface area contributed by atoms with Crippen LogP contribution in [0.4, 0.5) is 4.79 Å². The molecule has 4 heteroatoms. The van der Waals surface area contributed by atoms with E-state index in [9.17, 15) is 4.79 Å². The zero-order chi connectivity index (χ0) is 11.7. The summed E-state index contributed by atoms with van der Waals surface area (Å²) < 4.78 is 5.24. The molecular formula is C11H18N2O2. The molecule has 1 fully saturated rings. The van der Waals surface area contributed by atoms with Gasteiger partial charge in [-0.2, -0.15) is 5.26 Å². The minimum Gasteiger partial charge on any atom is -0.444 e. The Balaban J connectivity index is 2.56. The molecule has 0 saturated carbocycles. The van der Waals surface area contributed by atoms with Crippen molar-refractivity contribution >= 4 is 6.09 Å². The first-order valence-corrected chi connectivity index (χ1v) is 5.15. The highest BCUT2D eigenvalue weighted by Crippen LogP contribution is 2.29. The smallest absolute Gasteiger partial charge is 0.410 e. The second-order valence-electron chi connectivity index (χ2n) is 5.32. The Hall–Kier alpha value is -1.24. The molecule has 1 aliphatic rings. The van der Waals surface area contributed by atoms with Crippen LogP contribution in [0.1, 0.15) is 34.1 Å². The minimum atomic E-state index is -0.470. The summed E-state index contributed by atoms with van der Waals surface area (Å²) in [6, 6.07) is 2.24. The van der Waals surface area contributed by atoms with Crippen LogP contribution in [0.2, 0.25) is 0 Å². The number of likely N-dealkylation sites (tertiary alicyclic amines) is 1. The molecule has 1 atom stereocenters. The predicted octanol–water partition coefficient (Wildman–Crippen LogP) is 2.16. The first kappa shape index (κ1) is 11.8. The van der Waals surface area contributed by atoms with E-state index in [1.165, 1.54) is 0 Å². The molecule has 0 N–H and O–H groups in total. The monoisotopic (exact) mass is 210 g/mol. The van der Waals surface area contributed by atoms with Crippen molar-refractivity contribution in [2.45, 2.75) is 39.7 Å². The number of hydrogen-bond donors (Lipinski definition) is 0. The summed E-state index contributed by atoms with van der Waals surface area (Å²) in [5, 5.41) is 8.93. The van der Waals surface area contributed by atoms with Crippen molar-refractivity contribution < 1.29 is 9.53 Å². The molecule has 0 aromatic heterocycles. The van der Waals surface area contributed by atoms with Gasteiger partial charge in [-0.1, -0.05) is 0 Å². The maximum absolute atomic E-state index is 11.7. The average Bonchev–Trinajstić information content (AvgIpc) is 2.46. The van der Waals surface area contributed by atoms with E-state index in [1.807, 2.05) is 27.7 Å². The van der Waals surface area contributed by atoms with E-state index >= 15 is 0 Å². The molecule has 0 bridgehead atoms. The molecule has 0 aromatic rings. The summed E-state index contributed by atoms with van der Waals surface area (Å²) in [6.45, 7) is 8.47. The highest BCUT2D eigenvalue weighted by Gasteiger charge is 2.37. The van der Waals surface area contributed by atoms with E-state index in [1.54, 1.807) is 4.90 Å². The molecule has 1 heterocycles. The van der Waals surface area contributed by atoms with Crippen LogP contribution in [0.25, 0.3) is 0 Å². The van der Waals surface area contributed by atoms with Gasteiger partial charge in [0.25, 0.3) is 0 Å². The van der Waals surface area contributed by atoms with Gasteiger partial charge in [-0.3, -0.25) is 0 Å². The first-order valence-electron chi connectivity index (χ1n) is 5.15. The van der Waals surface area contributed by atoms with Gasteiger partial charge in [-0.15, -0.1) is 0 Å². The molecule has 1 amide bonds. The topological polar surface area (TPSA) is 53.3 Å². The number of carbonyl (C=O) groups is 1. The Morgan fingerprint density at radius 2 is 2.13 bits per heavy atom. The lowest BCUT2D eigenvalue weighted by atomic mass is 9.92. The number of amides is 1. The fourth-order valence-electron chi connectivity index (χ4n) is 1.53. The van der Waals surface area contributed by atoms with Crippen molar-refractivity contribution in [2.24, 2.45) is 5.41 Å². The third kappa shape index (κ3) is 3.12. The molecule has 4 nitrogen and oxygen atoms in total. The second-order valence-corrected chi connectivity index (χ2v) is 5.32. The van der Waals surface area contributed by atoms with E-state index < -0.39 is 11.0 Å². The molecule has 1 rings (SSSR count). The van der Waals surface area contributed by atoms with E-state index in [0.717, 1.165) is 6.42 Å². The number of ether oxygens (including phenoxy) is 1. The summed E-state index contributed by atoms with van der Waals surface area (Å²) in [7, 11) is 0. The molecule has 0 spiro atoms. The highest BCUT2D eigenvalue weighted by atomic mass is 16.6. The molecule has 15 heavy (non-hydrogen) atoms. The SMILES string of the molecule is CC(C)(C)OC(=O)N1CC[C@](C)(C#N)C1. The van der Waals surface area contributed by atoms with Gasteiger partial charge in [0.15, 0.2) is 0 Å². The normalized spacial score (nSPS) is 26.2. The van der Waals surface area contributed by atoms with E-state index in [0.29, 0.717) is 13.1 Å². The van der Waals surface area contributed by atoms with Crippen LogP contribution in [-0.4, -0.2) is 29.7 Å². The third-order valence-corrected chi connectivity index (χ3v) is 2.39. The van der Waals surface area contributed by atoms with Gasteiger partial charge in [0.2, 0.25) is 0 Å². The number of rotatable bonds is 0. The van der Waals surface area contributed by atoms with Gasteiger partial charge in [-0.25, -0.2) is 4.79 Å². The van der Waals surface area contributed by atoms with Crippen molar-refractivity contribution in [3.8, 4) is 6.07 Å². The Labute approximate surface area is 90.8 Å². The fraction of sp³-hybridized carbons (Fsp3) is 0.818. The molecule has 84 valence electrons. The van der Waals surface area contributed by atoms with Crippen LogP contribution in [0.5, 0.6) is 0 Å². The van der Waals surface area contributed by atoms with Crippen LogP contribution in [-0.2, 0) is 4.74 Å². The zero-order valence-corrected chi connectivity index (χ0v) is 9.83. The summed E-state index contributed by atoms with van der Waals surface area (Å²) in [4.78, 5) is 13.3. The van der Waals surface area contributed by atoms with Gasteiger partial charge >= 0.3 is 6.09 Å². The molecule has 0 unspecified atom stereocenters. The van der Waals surface area contributed by atoms with E-state index in [2.05, 4.69) is 6.07 Å². The van der Waals surface area contributed by atoms with Crippen LogP contribution >= 0.6 is 0 Å². The van der Waals surface area contributed by atoms with Crippen LogP contribution in [0.3, 0.4) is 0 Å². The van der Waals surface area contributed by atoms with Crippen LogP contribution in [0, 0.1) is 16.7 Å². The fourth-order valence-corrected chi connectivity index (χ4v) is 1.53. The van der Waals surface area contributed by atoms with E-state index in [4.69, 9.17) is 10.00 Å². The lowest BCUT2D eigenvalue weighted by Gasteiger charge is -2.24. The van der Waals surface area contributed by atoms with Crippen molar-refractivity contribution in [3.05, 3.63) is 0 Å². The van der Waals surface area contributed by atoms with Crippen LogP contribution < -0.4 is 0 Å². The minimum absolute atomic E-state index is 0.318.